The molecule has 0 aliphatic carbocycles. The van der Waals surface area contributed by atoms with Crippen LogP contribution in [0.5, 0.6) is 0 Å². The molecular weight excluding hydrogens is 287 g/mol. The van der Waals surface area contributed by atoms with E-state index < -0.39 is 46.7 Å². The maximum Gasteiger partial charge on any atom is 0.242 e. The van der Waals surface area contributed by atoms with Crippen molar-refractivity contribution in [3.05, 3.63) is 34.6 Å². The summed E-state index contributed by atoms with van der Waals surface area (Å²) in [5.41, 5.74) is 0.490. The first-order chi connectivity index (χ1) is 9.25. The molecule has 1 amide bonds. The average molecular weight is 296 g/mol. The van der Waals surface area contributed by atoms with E-state index in [0.29, 0.717) is 0 Å². The van der Waals surface area contributed by atoms with E-state index in [1.165, 1.54) is 6.92 Å². The highest BCUT2D eigenvalue weighted by atomic mass is 19.2. The highest BCUT2D eigenvalue weighted by molar-refractivity contribution is 5.83. The molecule has 0 heterocycles. The fourth-order valence-corrected chi connectivity index (χ4v) is 1.22. The van der Waals surface area contributed by atoms with Crippen molar-refractivity contribution in [3.8, 4) is 0 Å². The van der Waals surface area contributed by atoms with Crippen molar-refractivity contribution in [3.63, 3.8) is 0 Å². The molecule has 20 heavy (non-hydrogen) atoms. The third-order valence-corrected chi connectivity index (χ3v) is 2.11. The van der Waals surface area contributed by atoms with Gasteiger partial charge in [0.1, 0.15) is 0 Å². The summed E-state index contributed by atoms with van der Waals surface area (Å²) in [6.07, 6.45) is -1.02. The number of rotatable bonds is 4. The first kappa shape index (κ1) is 16.0. The highest BCUT2D eigenvalue weighted by Crippen LogP contribution is 2.21. The molecule has 0 aliphatic rings. The van der Waals surface area contributed by atoms with Gasteiger partial charge in [0.25, 0.3) is 0 Å². The van der Waals surface area contributed by atoms with E-state index in [1.54, 1.807) is 5.43 Å². The van der Waals surface area contributed by atoms with Crippen LogP contribution in [-0.4, -0.2) is 23.3 Å². The Kier molecular flexibility index (Phi) is 5.14. The number of hydrazone groups is 1. The summed E-state index contributed by atoms with van der Waals surface area (Å²) in [4.78, 5) is 11.0. The van der Waals surface area contributed by atoms with Gasteiger partial charge in [0.15, 0.2) is 23.3 Å². The average Bonchev–Trinajstić information content (AvgIpc) is 2.37. The van der Waals surface area contributed by atoms with E-state index in [0.717, 1.165) is 0 Å². The lowest BCUT2D eigenvalue weighted by Gasteiger charge is -2.04. The molecule has 1 rings (SSSR count). The maximum absolute atomic E-state index is 13.2. The Labute approximate surface area is 109 Å². The van der Waals surface area contributed by atoms with Crippen molar-refractivity contribution >= 4 is 12.1 Å². The van der Waals surface area contributed by atoms with Crippen LogP contribution in [0.15, 0.2) is 5.10 Å². The van der Waals surface area contributed by atoms with Crippen molar-refractivity contribution in [2.45, 2.75) is 19.4 Å². The number of halogens is 5. The van der Waals surface area contributed by atoms with E-state index in [9.17, 15) is 26.7 Å². The molecular formula is C11H9F5N2O2. The van der Waals surface area contributed by atoms with Crippen molar-refractivity contribution < 1.29 is 31.9 Å². The molecule has 4 nitrogen and oxygen atoms in total. The highest BCUT2D eigenvalue weighted by Gasteiger charge is 2.24. The molecule has 110 valence electrons. The van der Waals surface area contributed by atoms with Crippen LogP contribution in [0, 0.1) is 29.1 Å². The predicted octanol–water partition coefficient (Wildman–Crippen LogP) is 1.60. The molecule has 1 aromatic rings. The van der Waals surface area contributed by atoms with Crippen LogP contribution >= 0.6 is 0 Å². The van der Waals surface area contributed by atoms with E-state index in [1.807, 2.05) is 0 Å². The Bertz CT molecular complexity index is 531. The minimum atomic E-state index is -2.28. The number of nitrogens with one attached hydrogen (secondary N) is 1. The van der Waals surface area contributed by atoms with E-state index in [-0.39, 0.29) is 12.6 Å². The smallest absolute Gasteiger partial charge is 0.242 e. The summed E-state index contributed by atoms with van der Waals surface area (Å²) >= 11 is 0. The van der Waals surface area contributed by atoms with Gasteiger partial charge in [-0.3, -0.25) is 4.79 Å². The molecule has 0 spiro atoms. The largest absolute Gasteiger partial charge is 0.393 e. The Hall–Kier alpha value is -2.03. The van der Waals surface area contributed by atoms with E-state index in [2.05, 4.69) is 5.10 Å². The molecule has 9 heteroatoms. The number of amides is 1. The lowest BCUT2D eigenvalue weighted by molar-refractivity contribution is -0.122. The van der Waals surface area contributed by atoms with Gasteiger partial charge in [0, 0.05) is 0 Å². The van der Waals surface area contributed by atoms with E-state index in [4.69, 9.17) is 5.11 Å². The molecule has 1 unspecified atom stereocenters. The van der Waals surface area contributed by atoms with Crippen LogP contribution in [0.4, 0.5) is 22.0 Å². The minimum absolute atomic E-state index is 0.288. The molecule has 0 fully saturated rings. The normalized spacial score (nSPS) is 12.8. The zero-order valence-corrected chi connectivity index (χ0v) is 10.1. The monoisotopic (exact) mass is 296 g/mol. The van der Waals surface area contributed by atoms with Crippen LogP contribution in [0.25, 0.3) is 0 Å². The quantitative estimate of drug-likeness (QED) is 0.291. The van der Waals surface area contributed by atoms with Gasteiger partial charge in [-0.05, 0) is 6.92 Å². The number of carbonyl (C=O) groups is 1. The van der Waals surface area contributed by atoms with Crippen LogP contribution in [0.1, 0.15) is 18.9 Å². The van der Waals surface area contributed by atoms with Gasteiger partial charge in [0.05, 0.1) is 24.3 Å². The number of aliphatic hydroxyl groups is 1. The molecule has 0 aromatic heterocycles. The van der Waals surface area contributed by atoms with Gasteiger partial charge in [-0.1, -0.05) is 0 Å². The first-order valence-electron chi connectivity index (χ1n) is 5.27. The number of nitrogens with zero attached hydrogens (tertiary/aromatic N) is 1. The summed E-state index contributed by atoms with van der Waals surface area (Å²) in [5.74, 6) is -11.4. The van der Waals surface area contributed by atoms with Gasteiger partial charge in [-0.2, -0.15) is 5.10 Å². The van der Waals surface area contributed by atoms with Gasteiger partial charge in [-0.15, -0.1) is 0 Å². The van der Waals surface area contributed by atoms with Crippen molar-refractivity contribution in [2.24, 2.45) is 5.10 Å². The fraction of sp³-hybridized carbons (Fsp3) is 0.273. The Balaban J connectivity index is 2.96. The Morgan fingerprint density at radius 1 is 1.15 bits per heavy atom. The zero-order chi connectivity index (χ0) is 15.4. The maximum atomic E-state index is 13.2. The lowest BCUT2D eigenvalue weighted by atomic mass is 10.2. The summed E-state index contributed by atoms with van der Waals surface area (Å²) in [6, 6.07) is 0. The summed E-state index contributed by atoms with van der Waals surface area (Å²) < 4.78 is 64.7. The van der Waals surface area contributed by atoms with Gasteiger partial charge in [0.2, 0.25) is 11.7 Å². The predicted molar refractivity (Wildman–Crippen MR) is 58.3 cm³/mol. The summed E-state index contributed by atoms with van der Waals surface area (Å²) in [5, 5.41) is 11.9. The molecule has 0 saturated carbocycles. The number of aliphatic hydroxyl groups excluding tert-OH is 1. The third-order valence-electron chi connectivity index (χ3n) is 2.11. The summed E-state index contributed by atoms with van der Waals surface area (Å²) in [6.45, 7) is 1.31. The number of hydrogen-bond donors (Lipinski definition) is 2. The van der Waals surface area contributed by atoms with Crippen molar-refractivity contribution in [1.82, 2.24) is 5.43 Å². The minimum Gasteiger partial charge on any atom is -0.393 e. The second-order valence-corrected chi connectivity index (χ2v) is 3.83. The summed E-state index contributed by atoms with van der Waals surface area (Å²) in [7, 11) is 0. The Morgan fingerprint density at radius 3 is 2.05 bits per heavy atom. The Morgan fingerprint density at radius 2 is 1.60 bits per heavy atom. The van der Waals surface area contributed by atoms with Crippen molar-refractivity contribution in [2.75, 3.05) is 0 Å². The van der Waals surface area contributed by atoms with Crippen LogP contribution in [0.2, 0.25) is 0 Å². The molecule has 0 radical (unpaired) electrons. The van der Waals surface area contributed by atoms with Gasteiger partial charge < -0.3 is 5.11 Å². The van der Waals surface area contributed by atoms with Crippen LogP contribution in [-0.2, 0) is 4.79 Å². The fourth-order valence-electron chi connectivity index (χ4n) is 1.22. The molecule has 0 saturated heterocycles. The molecule has 1 atom stereocenters. The van der Waals surface area contributed by atoms with Gasteiger partial charge >= 0.3 is 0 Å². The first-order valence-corrected chi connectivity index (χ1v) is 5.27. The number of benzene rings is 1. The second-order valence-electron chi connectivity index (χ2n) is 3.83. The lowest BCUT2D eigenvalue weighted by Crippen LogP contribution is -2.22. The molecule has 1 aromatic carbocycles. The molecule has 2 N–H and O–H groups in total. The topological polar surface area (TPSA) is 61.7 Å². The van der Waals surface area contributed by atoms with Gasteiger partial charge in [-0.25, -0.2) is 27.4 Å². The van der Waals surface area contributed by atoms with Crippen LogP contribution < -0.4 is 5.43 Å². The SMILES string of the molecule is CC(O)CC(=O)NN=Cc1c(F)c(F)c(F)c(F)c1F. The van der Waals surface area contributed by atoms with Crippen molar-refractivity contribution in [1.29, 1.82) is 0 Å². The zero-order valence-electron chi connectivity index (χ0n) is 10.1. The molecule has 0 bridgehead atoms. The molecule has 0 aliphatic heterocycles. The second kappa shape index (κ2) is 6.42. The third kappa shape index (κ3) is 3.50. The number of hydrogen-bond acceptors (Lipinski definition) is 3. The standard InChI is InChI=1S/C11H9F5N2O2/c1-4(19)2-6(20)18-17-3-5-7(12)9(14)11(16)10(15)8(5)13/h3-4,19H,2H2,1H3,(H,18,20). The number of carbonyl (C=O) groups excluding carboxylic acids is 1. The van der Waals surface area contributed by atoms with Crippen LogP contribution in [0.3, 0.4) is 0 Å². The van der Waals surface area contributed by atoms with E-state index >= 15 is 0 Å².